The van der Waals surface area contributed by atoms with E-state index in [1.54, 1.807) is 5.54 Å². The molecule has 1 heterocycles. The number of hydrogen-bond acceptors (Lipinski definition) is 1. The molecule has 70 valence electrons. The molecule has 1 saturated heterocycles. The quantitative estimate of drug-likeness (QED) is 0.630. The minimum atomic E-state index is 0.308. The summed E-state index contributed by atoms with van der Waals surface area (Å²) in [6.45, 7) is 5.28. The van der Waals surface area contributed by atoms with E-state index >= 15 is 0 Å². The van der Waals surface area contributed by atoms with Crippen LogP contribution in [0, 0.1) is 5.92 Å². The van der Waals surface area contributed by atoms with Crippen LogP contribution in [0.2, 0.25) is 0 Å². The zero-order chi connectivity index (χ0) is 8.97. The first kappa shape index (κ1) is 10.4. The Morgan fingerprint density at radius 2 is 2.33 bits per heavy atom. The summed E-state index contributed by atoms with van der Waals surface area (Å²) >= 11 is 11.6. The van der Waals surface area contributed by atoms with Gasteiger partial charge in [-0.25, -0.2) is 0 Å². The summed E-state index contributed by atoms with van der Waals surface area (Å²) in [7, 11) is 0. The van der Waals surface area contributed by atoms with E-state index in [4.69, 9.17) is 23.2 Å². The molecule has 0 aromatic rings. The van der Waals surface area contributed by atoms with Crippen LogP contribution in [0.1, 0.15) is 13.3 Å². The minimum Gasteiger partial charge on any atom is -0.298 e. The van der Waals surface area contributed by atoms with Gasteiger partial charge >= 0.3 is 0 Å². The normalized spacial score (nSPS) is 32.9. The Kier molecular flexibility index (Phi) is 4.41. The van der Waals surface area contributed by atoms with E-state index in [9.17, 15) is 0 Å². The molecule has 0 aromatic carbocycles. The summed E-state index contributed by atoms with van der Waals surface area (Å²) in [5, 5.41) is 0.308. The van der Waals surface area contributed by atoms with Crippen molar-refractivity contribution in [1.29, 1.82) is 0 Å². The molecule has 2 atom stereocenters. The van der Waals surface area contributed by atoms with Gasteiger partial charge in [-0.3, -0.25) is 4.90 Å². The average molecular weight is 208 g/mol. The average Bonchev–Trinajstić information content (AvgIpc) is 2.07. The lowest BCUT2D eigenvalue weighted by Crippen LogP contribution is -2.40. The van der Waals surface area contributed by atoms with Gasteiger partial charge in [0.15, 0.2) is 0 Å². The van der Waals surface area contributed by atoms with E-state index in [1.807, 2.05) is 6.08 Å². The van der Waals surface area contributed by atoms with Crippen molar-refractivity contribution in [2.45, 2.75) is 18.7 Å². The van der Waals surface area contributed by atoms with Crippen molar-refractivity contribution in [1.82, 2.24) is 4.90 Å². The van der Waals surface area contributed by atoms with Gasteiger partial charge in [0.05, 0.1) is 0 Å². The SMILES string of the molecule is CC1CCN(C/C=C/Cl)CC1Cl. The number of hydrogen-bond donors (Lipinski definition) is 0. The van der Waals surface area contributed by atoms with E-state index in [0.29, 0.717) is 11.3 Å². The Morgan fingerprint density at radius 3 is 2.92 bits per heavy atom. The lowest BCUT2D eigenvalue weighted by molar-refractivity contribution is 0.214. The molecule has 1 fully saturated rings. The summed E-state index contributed by atoms with van der Waals surface area (Å²) in [5.74, 6) is 0.655. The van der Waals surface area contributed by atoms with Crippen LogP contribution in [0.25, 0.3) is 0 Å². The fraction of sp³-hybridized carbons (Fsp3) is 0.778. The molecule has 2 unspecified atom stereocenters. The molecule has 0 aliphatic carbocycles. The predicted molar refractivity (Wildman–Crippen MR) is 54.9 cm³/mol. The second-order valence-corrected chi connectivity index (χ2v) is 4.22. The number of nitrogens with zero attached hydrogens (tertiary/aromatic N) is 1. The van der Waals surface area contributed by atoms with Crippen LogP contribution in [0.5, 0.6) is 0 Å². The first-order valence-electron chi connectivity index (χ1n) is 4.35. The fourth-order valence-corrected chi connectivity index (χ4v) is 1.84. The first-order valence-corrected chi connectivity index (χ1v) is 5.23. The highest BCUT2D eigenvalue weighted by Gasteiger charge is 2.23. The predicted octanol–water partition coefficient (Wildman–Crippen LogP) is 2.69. The second-order valence-electron chi connectivity index (χ2n) is 3.40. The van der Waals surface area contributed by atoms with Crippen LogP contribution in [-0.4, -0.2) is 29.9 Å². The molecule has 0 amide bonds. The maximum atomic E-state index is 6.14. The molecule has 1 aliphatic rings. The summed E-state index contributed by atoms with van der Waals surface area (Å²) in [6, 6.07) is 0. The van der Waals surface area contributed by atoms with Crippen molar-refractivity contribution in [3.63, 3.8) is 0 Å². The lowest BCUT2D eigenvalue weighted by Gasteiger charge is -2.33. The molecule has 1 nitrogen and oxygen atoms in total. The van der Waals surface area contributed by atoms with Crippen LogP contribution >= 0.6 is 23.2 Å². The highest BCUT2D eigenvalue weighted by molar-refractivity contribution is 6.25. The molecule has 3 heteroatoms. The van der Waals surface area contributed by atoms with Crippen LogP contribution in [0.15, 0.2) is 11.6 Å². The smallest absolute Gasteiger partial charge is 0.0489 e. The van der Waals surface area contributed by atoms with Gasteiger partial charge in [0.1, 0.15) is 0 Å². The molecule has 1 aliphatic heterocycles. The van der Waals surface area contributed by atoms with E-state index < -0.39 is 0 Å². The van der Waals surface area contributed by atoms with Crippen molar-refractivity contribution in [2.24, 2.45) is 5.92 Å². The van der Waals surface area contributed by atoms with Gasteiger partial charge in [0.2, 0.25) is 0 Å². The molecule has 0 saturated carbocycles. The van der Waals surface area contributed by atoms with Gasteiger partial charge in [-0.15, -0.1) is 11.6 Å². The molecular weight excluding hydrogens is 193 g/mol. The molecule has 0 aromatic heterocycles. The molecule has 12 heavy (non-hydrogen) atoms. The molecule has 1 rings (SSSR count). The first-order chi connectivity index (χ1) is 5.74. The fourth-order valence-electron chi connectivity index (χ4n) is 1.44. The van der Waals surface area contributed by atoms with Gasteiger partial charge in [0.25, 0.3) is 0 Å². The Labute approximate surface area is 84.3 Å². The Hall–Kier alpha value is 0.280. The maximum absolute atomic E-state index is 6.14. The topological polar surface area (TPSA) is 3.24 Å². The van der Waals surface area contributed by atoms with E-state index in [-0.39, 0.29) is 0 Å². The number of halogens is 2. The van der Waals surface area contributed by atoms with Crippen molar-refractivity contribution in [2.75, 3.05) is 19.6 Å². The second kappa shape index (κ2) is 5.11. The van der Waals surface area contributed by atoms with Gasteiger partial charge in [-0.2, -0.15) is 0 Å². The van der Waals surface area contributed by atoms with Crippen LogP contribution in [0.3, 0.4) is 0 Å². The number of alkyl halides is 1. The van der Waals surface area contributed by atoms with E-state index in [0.717, 1.165) is 19.6 Å². The van der Waals surface area contributed by atoms with E-state index in [1.165, 1.54) is 6.42 Å². The number of rotatable bonds is 2. The van der Waals surface area contributed by atoms with Gasteiger partial charge in [0, 0.05) is 24.0 Å². The van der Waals surface area contributed by atoms with Gasteiger partial charge in [-0.05, 0) is 18.9 Å². The molecule has 0 spiro atoms. The zero-order valence-electron chi connectivity index (χ0n) is 7.34. The highest BCUT2D eigenvalue weighted by atomic mass is 35.5. The summed E-state index contributed by atoms with van der Waals surface area (Å²) in [4.78, 5) is 2.33. The van der Waals surface area contributed by atoms with Crippen LogP contribution in [-0.2, 0) is 0 Å². The third-order valence-corrected chi connectivity index (χ3v) is 3.15. The Balaban J connectivity index is 2.30. The van der Waals surface area contributed by atoms with Crippen LogP contribution in [0.4, 0.5) is 0 Å². The summed E-state index contributed by atoms with van der Waals surface area (Å²) in [6.07, 6.45) is 3.16. The lowest BCUT2D eigenvalue weighted by atomic mass is 9.99. The molecule has 0 radical (unpaired) electrons. The standard InChI is InChI=1S/C9H15Cl2N/c1-8-3-6-12(5-2-4-10)7-9(8)11/h2,4,8-9H,3,5-7H2,1H3/b4-2+. The maximum Gasteiger partial charge on any atom is 0.0489 e. The number of likely N-dealkylation sites (tertiary alicyclic amines) is 1. The summed E-state index contributed by atoms with van der Waals surface area (Å²) in [5.41, 5.74) is 1.57. The van der Waals surface area contributed by atoms with Crippen molar-refractivity contribution < 1.29 is 0 Å². The third kappa shape index (κ3) is 2.96. The molecule has 0 N–H and O–H groups in total. The van der Waals surface area contributed by atoms with Gasteiger partial charge in [-0.1, -0.05) is 24.6 Å². The largest absolute Gasteiger partial charge is 0.298 e. The zero-order valence-corrected chi connectivity index (χ0v) is 8.85. The Morgan fingerprint density at radius 1 is 1.58 bits per heavy atom. The van der Waals surface area contributed by atoms with Crippen molar-refractivity contribution in [3.05, 3.63) is 11.6 Å². The molecule has 0 bridgehead atoms. The van der Waals surface area contributed by atoms with Crippen molar-refractivity contribution in [3.8, 4) is 0 Å². The Bertz CT molecular complexity index is 159. The molecular formula is C9H15Cl2N. The van der Waals surface area contributed by atoms with Gasteiger partial charge < -0.3 is 0 Å². The van der Waals surface area contributed by atoms with Crippen LogP contribution < -0.4 is 0 Å². The minimum absolute atomic E-state index is 0.308. The monoisotopic (exact) mass is 207 g/mol. The number of piperidine rings is 1. The summed E-state index contributed by atoms with van der Waals surface area (Å²) < 4.78 is 0. The van der Waals surface area contributed by atoms with Crippen molar-refractivity contribution >= 4 is 23.2 Å². The third-order valence-electron chi connectivity index (χ3n) is 2.40. The highest BCUT2D eigenvalue weighted by Crippen LogP contribution is 2.21. The van der Waals surface area contributed by atoms with E-state index in [2.05, 4.69) is 11.8 Å².